The zero-order valence-corrected chi connectivity index (χ0v) is 11.7. The van der Waals surface area contributed by atoms with Gasteiger partial charge in [0.05, 0.1) is 5.56 Å². The van der Waals surface area contributed by atoms with Crippen LogP contribution in [-0.2, 0) is 0 Å². The van der Waals surface area contributed by atoms with E-state index in [-0.39, 0.29) is 5.91 Å². The number of anilines is 2. The van der Waals surface area contributed by atoms with Crippen LogP contribution in [-0.4, -0.2) is 15.9 Å². The van der Waals surface area contributed by atoms with Crippen molar-refractivity contribution in [3.8, 4) is 0 Å². The van der Waals surface area contributed by atoms with E-state index < -0.39 is 0 Å². The summed E-state index contributed by atoms with van der Waals surface area (Å²) < 4.78 is 0.864. The van der Waals surface area contributed by atoms with E-state index in [1.165, 1.54) is 6.20 Å². The number of nitrogens with two attached hydrogens (primary N) is 1. The minimum atomic E-state index is -0.269. The van der Waals surface area contributed by atoms with Crippen molar-refractivity contribution in [3.05, 3.63) is 46.2 Å². The highest BCUT2D eigenvalue weighted by molar-refractivity contribution is 9.10. The molecule has 0 fully saturated rings. The molecular weight excluding hydrogens is 310 g/mol. The second kappa shape index (κ2) is 5.77. The molecule has 0 spiro atoms. The Morgan fingerprint density at radius 1 is 1.32 bits per heavy atom. The number of nitrogens with zero attached hydrogens (tertiary/aromatic N) is 2. The fourth-order valence-corrected chi connectivity index (χ4v) is 1.91. The summed E-state index contributed by atoms with van der Waals surface area (Å²) in [5.41, 5.74) is 3.70. The Balaban J connectivity index is 2.15. The highest BCUT2D eigenvalue weighted by atomic mass is 79.9. The van der Waals surface area contributed by atoms with E-state index in [4.69, 9.17) is 5.84 Å². The number of amides is 1. The number of aromatic nitrogens is 2. The fourth-order valence-electron chi connectivity index (χ4n) is 1.46. The van der Waals surface area contributed by atoms with E-state index in [1.807, 2.05) is 13.0 Å². The topological polar surface area (TPSA) is 92.9 Å². The summed E-state index contributed by atoms with van der Waals surface area (Å²) in [5, 5.41) is 2.73. The normalized spacial score (nSPS) is 10.1. The summed E-state index contributed by atoms with van der Waals surface area (Å²) in [6.07, 6.45) is 3.07. The number of nitrogen functional groups attached to an aromatic ring is 1. The summed E-state index contributed by atoms with van der Waals surface area (Å²) in [4.78, 5) is 20.1. The molecular formula is C12H12BrN5O. The van der Waals surface area contributed by atoms with Crippen LogP contribution in [0.5, 0.6) is 0 Å². The maximum atomic E-state index is 12.0. The number of hydrogen-bond acceptors (Lipinski definition) is 5. The molecule has 6 nitrogen and oxygen atoms in total. The Hall–Kier alpha value is -1.99. The predicted molar refractivity (Wildman–Crippen MR) is 76.7 cm³/mol. The lowest BCUT2D eigenvalue weighted by atomic mass is 10.2. The smallest absolute Gasteiger partial charge is 0.258 e. The maximum Gasteiger partial charge on any atom is 0.258 e. The van der Waals surface area contributed by atoms with Gasteiger partial charge < -0.3 is 10.7 Å². The number of nitrogens with one attached hydrogen (secondary N) is 2. The van der Waals surface area contributed by atoms with Crippen LogP contribution in [0.15, 0.2) is 35.1 Å². The number of hydrogen-bond donors (Lipinski definition) is 3. The van der Waals surface area contributed by atoms with E-state index in [0.717, 1.165) is 10.0 Å². The van der Waals surface area contributed by atoms with Crippen LogP contribution in [0.25, 0.3) is 0 Å². The van der Waals surface area contributed by atoms with Crippen molar-refractivity contribution in [1.82, 2.24) is 9.97 Å². The van der Waals surface area contributed by atoms with Crippen molar-refractivity contribution < 1.29 is 4.79 Å². The summed E-state index contributed by atoms with van der Waals surface area (Å²) >= 11 is 3.32. The van der Waals surface area contributed by atoms with Gasteiger partial charge in [-0.25, -0.2) is 15.8 Å². The quantitative estimate of drug-likeness (QED) is 0.594. The first-order valence-electron chi connectivity index (χ1n) is 5.46. The first-order chi connectivity index (χ1) is 9.10. The van der Waals surface area contributed by atoms with Gasteiger partial charge in [-0.3, -0.25) is 4.79 Å². The molecule has 0 aliphatic heterocycles. The molecule has 0 saturated carbocycles. The van der Waals surface area contributed by atoms with Gasteiger partial charge in [-0.1, -0.05) is 0 Å². The Bertz CT molecular complexity index is 600. The molecule has 0 unspecified atom stereocenters. The molecule has 0 atom stereocenters. The third kappa shape index (κ3) is 3.27. The maximum absolute atomic E-state index is 12.0. The van der Waals surface area contributed by atoms with Gasteiger partial charge in [-0.05, 0) is 46.6 Å². The minimum absolute atomic E-state index is 0.269. The number of halogens is 1. The summed E-state index contributed by atoms with van der Waals surface area (Å²) in [7, 11) is 0. The Morgan fingerprint density at radius 2 is 2.11 bits per heavy atom. The van der Waals surface area contributed by atoms with Crippen LogP contribution in [0.4, 0.5) is 11.6 Å². The highest BCUT2D eigenvalue weighted by Gasteiger charge is 2.09. The molecule has 0 aromatic carbocycles. The lowest BCUT2D eigenvalue weighted by Crippen LogP contribution is -2.15. The van der Waals surface area contributed by atoms with Crippen molar-refractivity contribution in [2.45, 2.75) is 6.92 Å². The molecule has 0 aliphatic rings. The SMILES string of the molecule is Cc1cc(Br)cnc1NC(=O)c1ccc(NN)nc1. The third-order valence-electron chi connectivity index (χ3n) is 2.45. The Morgan fingerprint density at radius 3 is 2.68 bits per heavy atom. The molecule has 98 valence electrons. The summed E-state index contributed by atoms with van der Waals surface area (Å²) in [6.45, 7) is 1.87. The molecule has 2 rings (SSSR count). The van der Waals surface area contributed by atoms with Gasteiger partial charge in [0.2, 0.25) is 0 Å². The zero-order valence-electron chi connectivity index (χ0n) is 10.1. The first kappa shape index (κ1) is 13.4. The van der Waals surface area contributed by atoms with Gasteiger partial charge in [0, 0.05) is 16.9 Å². The summed E-state index contributed by atoms with van der Waals surface area (Å²) in [5.74, 6) is 5.95. The molecule has 7 heteroatoms. The lowest BCUT2D eigenvalue weighted by molar-refractivity contribution is 0.102. The predicted octanol–water partition coefficient (Wildman–Crippen LogP) is 2.09. The van der Waals surface area contributed by atoms with Crippen LogP contribution in [0.3, 0.4) is 0 Å². The Kier molecular flexibility index (Phi) is 4.08. The highest BCUT2D eigenvalue weighted by Crippen LogP contribution is 2.17. The number of rotatable bonds is 3. The van der Waals surface area contributed by atoms with Gasteiger partial charge in [0.1, 0.15) is 11.6 Å². The monoisotopic (exact) mass is 321 g/mol. The van der Waals surface area contributed by atoms with Crippen LogP contribution >= 0.6 is 15.9 Å². The standard InChI is InChI=1S/C12H12BrN5O/c1-7-4-9(13)6-16-11(7)17-12(19)8-2-3-10(18-14)15-5-8/h2-6H,14H2,1H3,(H,15,18)(H,16,17,19). The summed E-state index contributed by atoms with van der Waals surface area (Å²) in [6, 6.07) is 5.13. The van der Waals surface area contributed by atoms with E-state index in [1.54, 1.807) is 18.3 Å². The van der Waals surface area contributed by atoms with Crippen molar-refractivity contribution in [3.63, 3.8) is 0 Å². The fraction of sp³-hybridized carbons (Fsp3) is 0.0833. The zero-order chi connectivity index (χ0) is 13.8. The average molecular weight is 322 g/mol. The van der Waals surface area contributed by atoms with Gasteiger partial charge in [0.15, 0.2) is 0 Å². The second-order valence-corrected chi connectivity index (χ2v) is 4.77. The number of carbonyl (C=O) groups is 1. The van der Waals surface area contributed by atoms with Crippen molar-refractivity contribution in [1.29, 1.82) is 0 Å². The van der Waals surface area contributed by atoms with Crippen LogP contribution in [0, 0.1) is 6.92 Å². The van der Waals surface area contributed by atoms with Crippen molar-refractivity contribution >= 4 is 33.5 Å². The molecule has 2 heterocycles. The minimum Gasteiger partial charge on any atom is -0.308 e. The molecule has 0 radical (unpaired) electrons. The van der Waals surface area contributed by atoms with Crippen molar-refractivity contribution in [2.75, 3.05) is 10.7 Å². The molecule has 2 aromatic heterocycles. The van der Waals surface area contributed by atoms with Gasteiger partial charge in [-0.15, -0.1) is 0 Å². The molecule has 2 aromatic rings. The van der Waals surface area contributed by atoms with Gasteiger partial charge in [0.25, 0.3) is 5.91 Å². The van der Waals surface area contributed by atoms with Crippen LogP contribution < -0.4 is 16.6 Å². The second-order valence-electron chi connectivity index (χ2n) is 3.85. The lowest BCUT2D eigenvalue weighted by Gasteiger charge is -2.07. The third-order valence-corrected chi connectivity index (χ3v) is 2.88. The number of aryl methyl sites for hydroxylation is 1. The molecule has 4 N–H and O–H groups in total. The van der Waals surface area contributed by atoms with Gasteiger partial charge >= 0.3 is 0 Å². The molecule has 0 bridgehead atoms. The number of hydrazine groups is 1. The largest absolute Gasteiger partial charge is 0.308 e. The van der Waals surface area contributed by atoms with E-state index in [9.17, 15) is 4.79 Å². The van der Waals surface area contributed by atoms with E-state index >= 15 is 0 Å². The Labute approximate surface area is 118 Å². The number of pyridine rings is 2. The van der Waals surface area contributed by atoms with Crippen LogP contribution in [0.2, 0.25) is 0 Å². The average Bonchev–Trinajstić information content (AvgIpc) is 2.42. The molecule has 0 saturated heterocycles. The van der Waals surface area contributed by atoms with E-state index in [2.05, 4.69) is 36.6 Å². The van der Waals surface area contributed by atoms with E-state index in [0.29, 0.717) is 17.2 Å². The molecule has 1 amide bonds. The molecule has 19 heavy (non-hydrogen) atoms. The van der Waals surface area contributed by atoms with Gasteiger partial charge in [-0.2, -0.15) is 0 Å². The van der Waals surface area contributed by atoms with Crippen LogP contribution in [0.1, 0.15) is 15.9 Å². The van der Waals surface area contributed by atoms with Crippen molar-refractivity contribution in [2.24, 2.45) is 5.84 Å². The number of carbonyl (C=O) groups excluding carboxylic acids is 1. The first-order valence-corrected chi connectivity index (χ1v) is 6.25. The molecule has 0 aliphatic carbocycles.